The van der Waals surface area contributed by atoms with Gasteiger partial charge in [0.25, 0.3) is 0 Å². The largest absolute Gasteiger partial charge is 0.445 e. The summed E-state index contributed by atoms with van der Waals surface area (Å²) in [6, 6.07) is 7.95. The van der Waals surface area contributed by atoms with Crippen molar-refractivity contribution in [2.24, 2.45) is 0 Å². The Bertz CT molecular complexity index is 851. The SMILES string of the molecule is c1nc2ccc3c4cncoc4ccc3c2n1. The number of fused-ring (bicyclic) bond motifs is 5. The number of hydrogen-bond donors (Lipinski definition) is 0. The van der Waals surface area contributed by atoms with Crippen LogP contribution in [0.4, 0.5) is 0 Å². The summed E-state index contributed by atoms with van der Waals surface area (Å²) < 4.78 is 5.37. The van der Waals surface area contributed by atoms with Crippen LogP contribution in [0.3, 0.4) is 0 Å². The van der Waals surface area contributed by atoms with Gasteiger partial charge in [-0.2, -0.15) is 0 Å². The average molecular weight is 221 g/mol. The minimum Gasteiger partial charge on any atom is -0.445 e. The Kier molecular flexibility index (Phi) is 1.53. The summed E-state index contributed by atoms with van der Waals surface area (Å²) in [5.41, 5.74) is 2.66. The van der Waals surface area contributed by atoms with Crippen LogP contribution in [0, 0.1) is 0 Å². The monoisotopic (exact) mass is 221 g/mol. The molecule has 2 aromatic heterocycles. The summed E-state index contributed by atoms with van der Waals surface area (Å²) in [7, 11) is 0. The first kappa shape index (κ1) is 8.64. The molecule has 2 heterocycles. The molecule has 4 heteroatoms. The van der Waals surface area contributed by atoms with E-state index in [4.69, 9.17) is 4.42 Å². The third-order valence-corrected chi connectivity index (χ3v) is 2.98. The third-order valence-electron chi connectivity index (χ3n) is 2.98. The lowest BCUT2D eigenvalue weighted by Gasteiger charge is -2.02. The van der Waals surface area contributed by atoms with Crippen molar-refractivity contribution in [3.05, 3.63) is 43.2 Å². The second-order valence-corrected chi connectivity index (χ2v) is 3.88. The van der Waals surface area contributed by atoms with E-state index in [-0.39, 0.29) is 0 Å². The van der Waals surface area contributed by atoms with Crippen LogP contribution in [0.15, 0.2) is 47.6 Å². The van der Waals surface area contributed by atoms with Gasteiger partial charge in [0.15, 0.2) is 6.39 Å². The van der Waals surface area contributed by atoms with E-state index in [2.05, 4.69) is 15.0 Å². The summed E-state index contributed by atoms with van der Waals surface area (Å²) in [5, 5.41) is 3.16. The lowest BCUT2D eigenvalue weighted by Crippen LogP contribution is -1.80. The van der Waals surface area contributed by atoms with E-state index in [9.17, 15) is 0 Å². The van der Waals surface area contributed by atoms with E-state index in [1.807, 2.05) is 30.5 Å². The highest BCUT2D eigenvalue weighted by atomic mass is 16.3. The number of hydrogen-bond acceptors (Lipinski definition) is 4. The molecule has 4 rings (SSSR count). The molecule has 17 heavy (non-hydrogen) atoms. The molecule has 0 aliphatic carbocycles. The highest BCUT2D eigenvalue weighted by Gasteiger charge is 2.07. The molecular formula is C13H7N3O. The van der Waals surface area contributed by atoms with Gasteiger partial charge < -0.3 is 4.42 Å². The Morgan fingerprint density at radius 1 is 0.882 bits per heavy atom. The van der Waals surface area contributed by atoms with Gasteiger partial charge in [0, 0.05) is 17.0 Å². The maximum atomic E-state index is 5.37. The Balaban J connectivity index is 2.34. The van der Waals surface area contributed by atoms with Crippen LogP contribution in [0.1, 0.15) is 0 Å². The van der Waals surface area contributed by atoms with E-state index in [1.165, 1.54) is 6.39 Å². The van der Waals surface area contributed by atoms with Gasteiger partial charge in [0.1, 0.15) is 11.9 Å². The van der Waals surface area contributed by atoms with Crippen LogP contribution in [-0.2, 0) is 0 Å². The van der Waals surface area contributed by atoms with Crippen molar-refractivity contribution in [2.45, 2.75) is 0 Å². The predicted octanol–water partition coefficient (Wildman–Crippen LogP) is 2.92. The molecule has 0 bridgehead atoms. The molecule has 0 unspecified atom stereocenters. The zero-order valence-electron chi connectivity index (χ0n) is 8.79. The van der Waals surface area contributed by atoms with Crippen molar-refractivity contribution in [3.8, 4) is 0 Å². The fourth-order valence-electron chi connectivity index (χ4n) is 2.20. The van der Waals surface area contributed by atoms with Gasteiger partial charge in [-0.3, -0.25) is 0 Å². The van der Waals surface area contributed by atoms with Crippen LogP contribution in [0.25, 0.3) is 32.8 Å². The molecule has 0 amide bonds. The van der Waals surface area contributed by atoms with E-state index in [1.54, 1.807) is 6.33 Å². The molecule has 0 fully saturated rings. The second-order valence-electron chi connectivity index (χ2n) is 3.88. The first-order chi connectivity index (χ1) is 8.43. The molecule has 0 radical (unpaired) electrons. The molecule has 80 valence electrons. The minimum atomic E-state index is 0.825. The van der Waals surface area contributed by atoms with Crippen LogP contribution in [0.5, 0.6) is 0 Å². The molecule has 0 saturated carbocycles. The molecule has 4 nitrogen and oxygen atoms in total. The van der Waals surface area contributed by atoms with Gasteiger partial charge in [-0.1, -0.05) is 6.07 Å². The van der Waals surface area contributed by atoms with Gasteiger partial charge in [-0.15, -0.1) is 0 Å². The van der Waals surface area contributed by atoms with Crippen molar-refractivity contribution >= 4 is 32.8 Å². The van der Waals surface area contributed by atoms with Crippen molar-refractivity contribution in [3.63, 3.8) is 0 Å². The van der Waals surface area contributed by atoms with Crippen LogP contribution in [-0.4, -0.2) is 15.0 Å². The smallest absolute Gasteiger partial charge is 0.181 e. The molecule has 0 atom stereocenters. The normalized spacial score (nSPS) is 11.5. The summed E-state index contributed by atoms with van der Waals surface area (Å²) in [6.07, 6.45) is 4.83. The molecule has 0 aliphatic rings. The maximum absolute atomic E-state index is 5.37. The summed E-state index contributed by atoms with van der Waals surface area (Å²) in [4.78, 5) is 12.5. The van der Waals surface area contributed by atoms with Crippen LogP contribution in [0.2, 0.25) is 0 Å². The molecule has 2 aromatic carbocycles. The summed E-state index contributed by atoms with van der Waals surface area (Å²) in [5.74, 6) is 0. The molecule has 4 aromatic rings. The Morgan fingerprint density at radius 3 is 2.82 bits per heavy atom. The van der Waals surface area contributed by atoms with Crippen LogP contribution < -0.4 is 0 Å². The summed E-state index contributed by atoms with van der Waals surface area (Å²) >= 11 is 0. The minimum absolute atomic E-state index is 0.825. The number of aromatic nitrogens is 3. The first-order valence-electron chi connectivity index (χ1n) is 5.28. The molecule has 0 aliphatic heterocycles. The quantitative estimate of drug-likeness (QED) is 0.428. The molecular weight excluding hydrogens is 214 g/mol. The highest BCUT2D eigenvalue weighted by molar-refractivity contribution is 6.14. The van der Waals surface area contributed by atoms with Crippen molar-refractivity contribution in [2.75, 3.05) is 0 Å². The molecule has 0 spiro atoms. The standard InChI is InChI=1S/C13H7N3O/c1-3-11-13(16-6-15-11)9-2-4-12-10(8(1)9)5-14-7-17-12/h1-7H. The fraction of sp³-hybridized carbons (Fsp3) is 0. The van der Waals surface area contributed by atoms with E-state index < -0.39 is 0 Å². The maximum Gasteiger partial charge on any atom is 0.181 e. The van der Waals surface area contributed by atoms with E-state index in [0.29, 0.717) is 0 Å². The fourth-order valence-corrected chi connectivity index (χ4v) is 2.20. The zero-order chi connectivity index (χ0) is 11.2. The number of nitrogens with zero attached hydrogens (tertiary/aromatic N) is 3. The Labute approximate surface area is 95.9 Å². The van der Waals surface area contributed by atoms with Gasteiger partial charge in [-0.05, 0) is 23.6 Å². The highest BCUT2D eigenvalue weighted by Crippen LogP contribution is 2.28. The first-order valence-corrected chi connectivity index (χ1v) is 5.28. The van der Waals surface area contributed by atoms with Crippen molar-refractivity contribution < 1.29 is 4.42 Å². The lowest BCUT2D eigenvalue weighted by molar-refractivity contribution is 0.580. The topological polar surface area (TPSA) is 51.8 Å². The molecule has 0 saturated heterocycles. The second kappa shape index (κ2) is 3.01. The average Bonchev–Trinajstić information content (AvgIpc) is 2.86. The van der Waals surface area contributed by atoms with Gasteiger partial charge in [-0.25, -0.2) is 15.0 Å². The van der Waals surface area contributed by atoms with Crippen LogP contribution >= 0.6 is 0 Å². The van der Waals surface area contributed by atoms with Crippen molar-refractivity contribution in [1.82, 2.24) is 15.0 Å². The Morgan fingerprint density at radius 2 is 1.82 bits per heavy atom. The lowest BCUT2D eigenvalue weighted by atomic mass is 10.1. The number of benzene rings is 2. The van der Waals surface area contributed by atoms with Gasteiger partial charge >= 0.3 is 0 Å². The van der Waals surface area contributed by atoms with Gasteiger partial charge in [0.2, 0.25) is 0 Å². The predicted molar refractivity (Wildman–Crippen MR) is 64.6 cm³/mol. The Hall–Kier alpha value is -2.49. The zero-order valence-corrected chi connectivity index (χ0v) is 8.79. The molecule has 0 N–H and O–H groups in total. The number of imidazole rings is 1. The third kappa shape index (κ3) is 1.09. The summed E-state index contributed by atoms with van der Waals surface area (Å²) in [6.45, 7) is 0. The van der Waals surface area contributed by atoms with E-state index in [0.717, 1.165) is 32.8 Å². The van der Waals surface area contributed by atoms with Gasteiger partial charge in [0.05, 0.1) is 11.0 Å². The number of rotatable bonds is 0. The van der Waals surface area contributed by atoms with E-state index >= 15 is 0 Å². The van der Waals surface area contributed by atoms with Crippen molar-refractivity contribution in [1.29, 1.82) is 0 Å².